The van der Waals surface area contributed by atoms with Gasteiger partial charge < -0.3 is 15.4 Å². The Labute approximate surface area is 224 Å². The van der Waals surface area contributed by atoms with Crippen molar-refractivity contribution in [2.75, 3.05) is 38.1 Å². The molecule has 0 saturated carbocycles. The van der Waals surface area contributed by atoms with Crippen LogP contribution in [0.2, 0.25) is 0 Å². The molecular formula is C29H30FN5O2S. The van der Waals surface area contributed by atoms with E-state index < -0.39 is 5.82 Å². The monoisotopic (exact) mass is 531 g/mol. The molecule has 9 heteroatoms. The zero-order valence-electron chi connectivity index (χ0n) is 21.1. The molecule has 4 heterocycles. The molecule has 2 saturated heterocycles. The largest absolute Gasteiger partial charge is 0.461 e. The summed E-state index contributed by atoms with van der Waals surface area (Å²) in [5, 5.41) is 9.56. The van der Waals surface area contributed by atoms with E-state index in [2.05, 4.69) is 32.1 Å². The summed E-state index contributed by atoms with van der Waals surface area (Å²) in [5.74, 6) is -0.180. The number of nitrogens with zero attached hydrogens (tertiary/aromatic N) is 3. The minimum atomic E-state index is -0.405. The van der Waals surface area contributed by atoms with Crippen molar-refractivity contribution < 1.29 is 13.9 Å². The van der Waals surface area contributed by atoms with Crippen molar-refractivity contribution in [1.29, 1.82) is 0 Å². The number of fused-ring (bicyclic) bond motifs is 3. The number of amides is 1. The van der Waals surface area contributed by atoms with Crippen molar-refractivity contribution in [3.05, 3.63) is 60.3 Å². The highest BCUT2D eigenvalue weighted by molar-refractivity contribution is 7.17. The van der Waals surface area contributed by atoms with Crippen molar-refractivity contribution in [3.63, 3.8) is 0 Å². The first kappa shape index (κ1) is 24.8. The maximum Gasteiger partial charge on any atom is 0.319 e. The molecule has 2 aromatic heterocycles. The Balaban J connectivity index is 1.36. The number of thiophene rings is 1. The van der Waals surface area contributed by atoms with Gasteiger partial charge in [-0.3, -0.25) is 9.69 Å². The zero-order chi connectivity index (χ0) is 26.1. The van der Waals surface area contributed by atoms with Crippen molar-refractivity contribution in [2.45, 2.75) is 31.2 Å². The highest BCUT2D eigenvalue weighted by atomic mass is 32.1. The molecule has 2 fully saturated rings. The second kappa shape index (κ2) is 10.3. The lowest BCUT2D eigenvalue weighted by atomic mass is 9.95. The Morgan fingerprint density at radius 3 is 2.76 bits per heavy atom. The predicted octanol–water partition coefficient (Wildman–Crippen LogP) is 5.37. The summed E-state index contributed by atoms with van der Waals surface area (Å²) >= 11 is 1.63. The van der Waals surface area contributed by atoms with Gasteiger partial charge in [-0.05, 0) is 74.0 Å². The van der Waals surface area contributed by atoms with Crippen molar-refractivity contribution in [2.24, 2.45) is 0 Å². The van der Waals surface area contributed by atoms with Gasteiger partial charge in [-0.2, -0.15) is 9.97 Å². The SMILES string of the molecule is C=CC(=O)NCCNc1nc(OCC23CCCN2CCC3)nc2c(F)c(-c3cccc4sccc34)ccc12. The Morgan fingerprint density at radius 2 is 1.95 bits per heavy atom. The molecule has 6 rings (SSSR count). The first-order valence-electron chi connectivity index (χ1n) is 13.1. The third-order valence-electron chi connectivity index (χ3n) is 7.76. The highest BCUT2D eigenvalue weighted by Gasteiger charge is 2.45. The van der Waals surface area contributed by atoms with Crippen LogP contribution >= 0.6 is 11.3 Å². The minimum absolute atomic E-state index is 0.0237. The normalized spacial score (nSPS) is 16.6. The molecule has 0 spiro atoms. The number of carbonyl (C=O) groups excluding carboxylic acids is 1. The highest BCUT2D eigenvalue weighted by Crippen LogP contribution is 2.40. The molecule has 0 unspecified atom stereocenters. The summed E-state index contributed by atoms with van der Waals surface area (Å²) in [6.07, 6.45) is 5.75. The molecular weight excluding hydrogens is 501 g/mol. The summed E-state index contributed by atoms with van der Waals surface area (Å²) in [6, 6.07) is 11.7. The molecule has 4 aromatic rings. The third-order valence-corrected chi connectivity index (χ3v) is 8.64. The van der Waals surface area contributed by atoms with Crippen LogP contribution in [0.4, 0.5) is 10.2 Å². The van der Waals surface area contributed by atoms with Crippen molar-refractivity contribution >= 4 is 44.1 Å². The first-order valence-corrected chi connectivity index (χ1v) is 13.9. The lowest BCUT2D eigenvalue weighted by molar-refractivity contribution is -0.116. The fourth-order valence-electron chi connectivity index (χ4n) is 5.88. The number of nitrogens with one attached hydrogen (secondary N) is 2. The predicted molar refractivity (Wildman–Crippen MR) is 150 cm³/mol. The smallest absolute Gasteiger partial charge is 0.319 e. The van der Waals surface area contributed by atoms with Crippen LogP contribution in [0, 0.1) is 5.82 Å². The molecule has 2 aliphatic heterocycles. The summed E-state index contributed by atoms with van der Waals surface area (Å²) in [4.78, 5) is 23.3. The Hall–Kier alpha value is -3.56. The van der Waals surface area contributed by atoms with Gasteiger partial charge in [0.15, 0.2) is 5.82 Å². The number of rotatable bonds is 9. The van der Waals surface area contributed by atoms with Crippen LogP contribution < -0.4 is 15.4 Å². The van der Waals surface area contributed by atoms with Crippen LogP contribution in [0.1, 0.15) is 25.7 Å². The van der Waals surface area contributed by atoms with Crippen LogP contribution in [0.5, 0.6) is 6.01 Å². The maximum atomic E-state index is 16.2. The molecule has 0 atom stereocenters. The molecule has 196 valence electrons. The fraction of sp³-hybridized carbons (Fsp3) is 0.345. The molecule has 1 amide bonds. The van der Waals surface area contributed by atoms with Gasteiger partial charge in [0, 0.05) is 34.1 Å². The van der Waals surface area contributed by atoms with Crippen LogP contribution in [0.15, 0.2) is 54.4 Å². The number of aromatic nitrogens is 2. The summed E-state index contributed by atoms with van der Waals surface area (Å²) in [5.41, 5.74) is 1.56. The van der Waals surface area contributed by atoms with E-state index in [1.807, 2.05) is 35.7 Å². The number of halogens is 1. The summed E-state index contributed by atoms with van der Waals surface area (Å²) < 4.78 is 23.5. The molecule has 2 N–H and O–H groups in total. The van der Waals surface area contributed by atoms with Gasteiger partial charge in [-0.1, -0.05) is 24.8 Å². The van der Waals surface area contributed by atoms with E-state index in [1.54, 1.807) is 17.4 Å². The van der Waals surface area contributed by atoms with Crippen LogP contribution in [0.25, 0.3) is 32.1 Å². The van der Waals surface area contributed by atoms with E-state index in [4.69, 9.17) is 4.74 Å². The number of anilines is 1. The van der Waals surface area contributed by atoms with Crippen molar-refractivity contribution in [3.8, 4) is 17.1 Å². The lowest BCUT2D eigenvalue weighted by Gasteiger charge is -2.31. The summed E-state index contributed by atoms with van der Waals surface area (Å²) in [7, 11) is 0. The number of hydrogen-bond acceptors (Lipinski definition) is 7. The Morgan fingerprint density at radius 1 is 1.11 bits per heavy atom. The van der Waals surface area contributed by atoms with Gasteiger partial charge in [-0.25, -0.2) is 4.39 Å². The third kappa shape index (κ3) is 4.50. The van der Waals surface area contributed by atoms with Crippen LogP contribution in [0.3, 0.4) is 0 Å². The van der Waals surface area contributed by atoms with Crippen LogP contribution in [-0.4, -0.2) is 59.1 Å². The number of hydrogen-bond donors (Lipinski definition) is 2. The summed E-state index contributed by atoms with van der Waals surface area (Å²) in [6.45, 7) is 6.92. The van der Waals surface area contributed by atoms with Gasteiger partial charge in [0.2, 0.25) is 5.91 Å². The van der Waals surface area contributed by atoms with Gasteiger partial charge in [0.05, 0.1) is 5.54 Å². The van der Waals surface area contributed by atoms with E-state index in [1.165, 1.54) is 6.08 Å². The molecule has 2 aromatic carbocycles. The molecule has 0 aliphatic carbocycles. The van der Waals surface area contributed by atoms with E-state index in [-0.39, 0.29) is 23.0 Å². The van der Waals surface area contributed by atoms with Crippen LogP contribution in [-0.2, 0) is 4.79 Å². The average Bonchev–Trinajstić information content (AvgIpc) is 3.66. The fourth-order valence-corrected chi connectivity index (χ4v) is 6.69. The zero-order valence-corrected chi connectivity index (χ0v) is 22.0. The first-order chi connectivity index (χ1) is 18.6. The van der Waals surface area contributed by atoms with Crippen molar-refractivity contribution in [1.82, 2.24) is 20.2 Å². The molecule has 2 aliphatic rings. The average molecular weight is 532 g/mol. The van der Waals surface area contributed by atoms with Gasteiger partial charge in [0.1, 0.15) is 17.9 Å². The topological polar surface area (TPSA) is 79.4 Å². The lowest BCUT2D eigenvalue weighted by Crippen LogP contribution is -2.43. The molecule has 0 bridgehead atoms. The number of benzene rings is 2. The number of ether oxygens (including phenoxy) is 1. The molecule has 7 nitrogen and oxygen atoms in total. The number of carbonyl (C=O) groups is 1. The molecule has 38 heavy (non-hydrogen) atoms. The Kier molecular flexibility index (Phi) is 6.71. The molecule has 0 radical (unpaired) electrons. The van der Waals surface area contributed by atoms with Gasteiger partial charge in [0.25, 0.3) is 0 Å². The minimum Gasteiger partial charge on any atom is -0.461 e. The van der Waals surface area contributed by atoms with Gasteiger partial charge >= 0.3 is 6.01 Å². The quantitative estimate of drug-likeness (QED) is 0.223. The standard InChI is InChI=1S/C29H30FN5O2S/c1-2-24(36)31-13-14-32-27-22-9-8-21(19-6-3-7-23-20(19)10-17-38-23)25(30)26(22)33-28(34-27)37-18-29-11-4-15-35(29)16-5-12-29/h2-3,6-10,17H,1,4-5,11-16,18H2,(H,31,36)(H,32,33,34). The van der Waals surface area contributed by atoms with E-state index in [0.717, 1.165) is 54.4 Å². The second-order valence-electron chi connectivity index (χ2n) is 9.95. The van der Waals surface area contributed by atoms with Gasteiger partial charge in [-0.15, -0.1) is 11.3 Å². The Bertz CT molecular complexity index is 1510. The van der Waals surface area contributed by atoms with E-state index in [9.17, 15) is 4.79 Å². The van der Waals surface area contributed by atoms with E-state index in [0.29, 0.717) is 36.5 Å². The van der Waals surface area contributed by atoms with E-state index >= 15 is 4.39 Å². The second-order valence-corrected chi connectivity index (χ2v) is 10.9. The maximum absolute atomic E-state index is 16.2.